The molecule has 0 amide bonds. The number of morpholine rings is 1. The molecule has 3 N–H and O–H groups in total. The molecule has 0 saturated carbocycles. The zero-order valence-electron chi connectivity index (χ0n) is 15.0. The predicted molar refractivity (Wildman–Crippen MR) is 101 cm³/mol. The normalized spacial score (nSPS) is 16.2. The molecular formula is C18H31N5O. The van der Waals surface area contributed by atoms with E-state index < -0.39 is 0 Å². The van der Waals surface area contributed by atoms with Crippen molar-refractivity contribution in [1.82, 2.24) is 10.2 Å². The summed E-state index contributed by atoms with van der Waals surface area (Å²) >= 11 is 0. The summed E-state index contributed by atoms with van der Waals surface area (Å²) in [5.74, 6) is 0.543. The van der Waals surface area contributed by atoms with Crippen LogP contribution in [0, 0.1) is 0 Å². The van der Waals surface area contributed by atoms with E-state index in [1.165, 1.54) is 11.3 Å². The van der Waals surface area contributed by atoms with Gasteiger partial charge in [-0.25, -0.2) is 0 Å². The third-order valence-corrected chi connectivity index (χ3v) is 4.19. The van der Waals surface area contributed by atoms with Crippen LogP contribution in [0.25, 0.3) is 0 Å². The van der Waals surface area contributed by atoms with E-state index in [0.29, 0.717) is 5.96 Å². The number of benzene rings is 1. The number of hydrogen-bond acceptors (Lipinski definition) is 4. The van der Waals surface area contributed by atoms with Gasteiger partial charge in [0.25, 0.3) is 0 Å². The minimum absolute atomic E-state index is 0.543. The van der Waals surface area contributed by atoms with Crippen LogP contribution in [0.15, 0.2) is 29.3 Å². The van der Waals surface area contributed by atoms with Crippen LogP contribution >= 0.6 is 0 Å². The lowest BCUT2D eigenvalue weighted by atomic mass is 10.1. The summed E-state index contributed by atoms with van der Waals surface area (Å²) < 4.78 is 5.34. The van der Waals surface area contributed by atoms with Gasteiger partial charge in [-0.15, -0.1) is 0 Å². The van der Waals surface area contributed by atoms with Crippen molar-refractivity contribution in [2.75, 3.05) is 64.9 Å². The summed E-state index contributed by atoms with van der Waals surface area (Å²) in [6.07, 6.45) is 1.98. The second kappa shape index (κ2) is 10.2. The van der Waals surface area contributed by atoms with Crippen LogP contribution in [-0.4, -0.2) is 70.9 Å². The number of nitrogens with zero attached hydrogens (tertiary/aromatic N) is 3. The van der Waals surface area contributed by atoms with Gasteiger partial charge in [-0.3, -0.25) is 9.89 Å². The Morgan fingerprint density at radius 3 is 2.62 bits per heavy atom. The van der Waals surface area contributed by atoms with E-state index in [0.717, 1.165) is 58.8 Å². The molecule has 1 aromatic rings. The molecule has 134 valence electrons. The highest BCUT2D eigenvalue weighted by Crippen LogP contribution is 2.12. The lowest BCUT2D eigenvalue weighted by molar-refractivity contribution is 0.0377. The molecule has 1 aliphatic heterocycles. The molecule has 6 nitrogen and oxygen atoms in total. The quantitative estimate of drug-likeness (QED) is 0.421. The highest BCUT2D eigenvalue weighted by atomic mass is 16.5. The van der Waals surface area contributed by atoms with Gasteiger partial charge in [-0.05, 0) is 30.5 Å². The fraction of sp³-hybridized carbons (Fsp3) is 0.611. The monoisotopic (exact) mass is 333 g/mol. The molecule has 1 fully saturated rings. The number of ether oxygens (including phenoxy) is 1. The van der Waals surface area contributed by atoms with Crippen LogP contribution in [-0.2, 0) is 11.2 Å². The highest BCUT2D eigenvalue weighted by molar-refractivity contribution is 5.77. The fourth-order valence-electron chi connectivity index (χ4n) is 2.67. The largest absolute Gasteiger partial charge is 0.379 e. The van der Waals surface area contributed by atoms with Gasteiger partial charge in [0.2, 0.25) is 0 Å². The first-order valence-corrected chi connectivity index (χ1v) is 8.75. The second-order valence-electron chi connectivity index (χ2n) is 6.31. The Labute approximate surface area is 145 Å². The van der Waals surface area contributed by atoms with Crippen molar-refractivity contribution >= 4 is 11.6 Å². The van der Waals surface area contributed by atoms with Crippen molar-refractivity contribution in [3.63, 3.8) is 0 Å². The topological polar surface area (TPSA) is 66.1 Å². The number of guanidine groups is 1. The van der Waals surface area contributed by atoms with E-state index >= 15 is 0 Å². The zero-order chi connectivity index (χ0) is 17.2. The van der Waals surface area contributed by atoms with Crippen LogP contribution in [0.3, 0.4) is 0 Å². The maximum Gasteiger partial charge on any atom is 0.188 e. The summed E-state index contributed by atoms with van der Waals surface area (Å²) in [5.41, 5.74) is 8.43. The summed E-state index contributed by atoms with van der Waals surface area (Å²) in [6, 6.07) is 8.59. The van der Waals surface area contributed by atoms with Crippen LogP contribution in [0.1, 0.15) is 12.0 Å². The molecule has 1 heterocycles. The molecule has 0 aliphatic carbocycles. The first kappa shape index (κ1) is 18.5. The average Bonchev–Trinajstić information content (AvgIpc) is 2.60. The van der Waals surface area contributed by atoms with E-state index in [1.807, 2.05) is 14.1 Å². The van der Waals surface area contributed by atoms with Gasteiger partial charge in [-0.1, -0.05) is 12.1 Å². The fourth-order valence-corrected chi connectivity index (χ4v) is 2.67. The van der Waals surface area contributed by atoms with Crippen molar-refractivity contribution in [1.29, 1.82) is 0 Å². The van der Waals surface area contributed by atoms with E-state index in [4.69, 9.17) is 10.5 Å². The number of nitrogens with two attached hydrogens (primary N) is 1. The van der Waals surface area contributed by atoms with E-state index in [-0.39, 0.29) is 0 Å². The maximum absolute atomic E-state index is 5.92. The molecular weight excluding hydrogens is 302 g/mol. The SMILES string of the molecule is CN(C)c1ccc(CCNC(N)=NCCCN2CCOCC2)cc1. The minimum Gasteiger partial charge on any atom is -0.379 e. The molecule has 0 bridgehead atoms. The van der Waals surface area contributed by atoms with Crippen molar-refractivity contribution in [2.45, 2.75) is 12.8 Å². The predicted octanol–water partition coefficient (Wildman–Crippen LogP) is 0.922. The third-order valence-electron chi connectivity index (χ3n) is 4.19. The molecule has 0 aromatic heterocycles. The highest BCUT2D eigenvalue weighted by Gasteiger charge is 2.08. The summed E-state index contributed by atoms with van der Waals surface area (Å²) in [4.78, 5) is 8.91. The van der Waals surface area contributed by atoms with Gasteiger partial charge in [-0.2, -0.15) is 0 Å². The van der Waals surface area contributed by atoms with Crippen molar-refractivity contribution in [3.05, 3.63) is 29.8 Å². The first-order valence-electron chi connectivity index (χ1n) is 8.75. The van der Waals surface area contributed by atoms with Gasteiger partial charge >= 0.3 is 0 Å². The molecule has 6 heteroatoms. The number of aliphatic imine (C=N–C) groups is 1. The molecule has 0 spiro atoms. The smallest absolute Gasteiger partial charge is 0.188 e. The van der Waals surface area contributed by atoms with E-state index in [9.17, 15) is 0 Å². The average molecular weight is 333 g/mol. The number of rotatable bonds is 8. The molecule has 1 aliphatic rings. The Kier molecular flexibility index (Phi) is 7.85. The van der Waals surface area contributed by atoms with Gasteiger partial charge in [0, 0.05) is 52.5 Å². The standard InChI is InChI=1S/C18H31N5O/c1-22(2)17-6-4-16(5-7-17)8-10-21-18(19)20-9-3-11-23-12-14-24-15-13-23/h4-7H,3,8-15H2,1-2H3,(H3,19,20,21). The number of anilines is 1. The van der Waals surface area contributed by atoms with Crippen molar-refractivity contribution in [3.8, 4) is 0 Å². The van der Waals surface area contributed by atoms with Crippen LogP contribution < -0.4 is 16.0 Å². The summed E-state index contributed by atoms with van der Waals surface area (Å²) in [7, 11) is 4.10. The Balaban J connectivity index is 1.58. The summed E-state index contributed by atoms with van der Waals surface area (Å²) in [6.45, 7) is 6.41. The number of hydrogen-bond donors (Lipinski definition) is 2. The minimum atomic E-state index is 0.543. The van der Waals surface area contributed by atoms with Gasteiger partial charge in [0.05, 0.1) is 13.2 Å². The lowest BCUT2D eigenvalue weighted by Gasteiger charge is -2.26. The molecule has 24 heavy (non-hydrogen) atoms. The molecule has 0 unspecified atom stereocenters. The Morgan fingerprint density at radius 1 is 1.25 bits per heavy atom. The first-order chi connectivity index (χ1) is 11.6. The van der Waals surface area contributed by atoms with Crippen LogP contribution in [0.5, 0.6) is 0 Å². The van der Waals surface area contributed by atoms with Crippen LogP contribution in [0.2, 0.25) is 0 Å². The third kappa shape index (κ3) is 6.76. The number of nitrogens with one attached hydrogen (secondary N) is 1. The maximum atomic E-state index is 5.92. The lowest BCUT2D eigenvalue weighted by Crippen LogP contribution is -2.37. The van der Waals surface area contributed by atoms with Crippen molar-refractivity contribution < 1.29 is 4.74 Å². The van der Waals surface area contributed by atoms with Gasteiger partial charge in [0.1, 0.15) is 0 Å². The molecule has 2 rings (SSSR count). The van der Waals surface area contributed by atoms with Crippen molar-refractivity contribution in [2.24, 2.45) is 10.7 Å². The molecule has 1 saturated heterocycles. The zero-order valence-corrected chi connectivity index (χ0v) is 15.0. The summed E-state index contributed by atoms with van der Waals surface area (Å²) in [5, 5.41) is 3.19. The van der Waals surface area contributed by atoms with E-state index in [1.54, 1.807) is 0 Å². The molecule has 0 radical (unpaired) electrons. The molecule has 0 atom stereocenters. The Morgan fingerprint density at radius 2 is 1.96 bits per heavy atom. The Hall–Kier alpha value is -1.79. The van der Waals surface area contributed by atoms with E-state index in [2.05, 4.69) is 44.4 Å². The van der Waals surface area contributed by atoms with Gasteiger partial charge < -0.3 is 20.7 Å². The second-order valence-corrected chi connectivity index (χ2v) is 6.31. The Bertz CT molecular complexity index is 495. The van der Waals surface area contributed by atoms with Gasteiger partial charge in [0.15, 0.2) is 5.96 Å². The molecule has 1 aromatic carbocycles. The van der Waals surface area contributed by atoms with Crippen LogP contribution in [0.4, 0.5) is 5.69 Å².